The van der Waals surface area contributed by atoms with Gasteiger partial charge in [-0.3, -0.25) is 29.0 Å². The summed E-state index contributed by atoms with van der Waals surface area (Å²) in [7, 11) is 3.19. The number of ether oxygens (including phenoxy) is 2. The number of allylic oxidation sites excluding steroid dienone is 2. The molecule has 2 heterocycles. The van der Waals surface area contributed by atoms with Gasteiger partial charge in [-0.15, -0.1) is 23.2 Å². The van der Waals surface area contributed by atoms with Gasteiger partial charge in [0.2, 0.25) is 11.8 Å². The quantitative estimate of drug-likeness (QED) is 0.0671. The van der Waals surface area contributed by atoms with Crippen molar-refractivity contribution in [2.75, 3.05) is 24.6 Å². The minimum atomic E-state index is -1.95. The minimum Gasteiger partial charge on any atom is -0.507 e. The standard InChI is InChI=1S/C41H33BrCl2N2O7/c1-52-25-13-18-33(53-2)23(19-25)10-7-22-8-11-24(12-9-22)46-36(48)30-15-14-29-31(34(30)37(46)49)20-40(43)38(50)45(21-42)39(51)41(40,44)35(29)28-16-17-32(47)27-6-4-3-5-26(27)28/h3-14,16-19,30-31,34-35,47H,15,20-21H2,1-2H3/t30-,31+,34-,35-,40+,41-/m0/s1. The molecule has 1 N–H and O–H groups in total. The third kappa shape index (κ3) is 5.09. The first kappa shape index (κ1) is 35.4. The van der Waals surface area contributed by atoms with Crippen LogP contribution in [0.4, 0.5) is 5.69 Å². The van der Waals surface area contributed by atoms with Crippen LogP contribution in [0, 0.1) is 17.8 Å². The van der Waals surface area contributed by atoms with Crippen molar-refractivity contribution in [3.63, 3.8) is 0 Å². The Morgan fingerprint density at radius 3 is 2.30 bits per heavy atom. The maximum atomic E-state index is 14.5. The first-order valence-corrected chi connectivity index (χ1v) is 18.9. The lowest BCUT2D eigenvalue weighted by Crippen LogP contribution is -2.60. The Balaban J connectivity index is 1.17. The summed E-state index contributed by atoms with van der Waals surface area (Å²) in [5.74, 6) is -3.79. The molecule has 2 aliphatic heterocycles. The van der Waals surface area contributed by atoms with E-state index in [1.54, 1.807) is 44.6 Å². The molecule has 0 unspecified atom stereocenters. The third-order valence-corrected chi connectivity index (χ3v) is 13.2. The number of phenolic OH excluding ortho intramolecular Hbond substituents is 1. The van der Waals surface area contributed by atoms with Crippen molar-refractivity contribution in [2.24, 2.45) is 17.8 Å². The van der Waals surface area contributed by atoms with Crippen LogP contribution in [0.1, 0.15) is 35.4 Å². The molecule has 4 amide bonds. The van der Waals surface area contributed by atoms with Crippen molar-refractivity contribution in [3.05, 3.63) is 107 Å². The van der Waals surface area contributed by atoms with Crippen LogP contribution < -0.4 is 14.4 Å². The van der Waals surface area contributed by atoms with Gasteiger partial charge in [0.25, 0.3) is 11.8 Å². The average Bonchev–Trinajstić information content (AvgIpc) is 3.51. The molecule has 8 rings (SSSR count). The zero-order chi connectivity index (χ0) is 37.4. The number of carbonyl (C=O) groups is 4. The molecule has 2 aliphatic carbocycles. The van der Waals surface area contributed by atoms with E-state index in [-0.39, 0.29) is 30.0 Å². The van der Waals surface area contributed by atoms with Gasteiger partial charge in [0.1, 0.15) is 17.2 Å². The van der Waals surface area contributed by atoms with Gasteiger partial charge >= 0.3 is 0 Å². The van der Waals surface area contributed by atoms with Gasteiger partial charge in [0.05, 0.1) is 37.2 Å². The zero-order valence-electron chi connectivity index (χ0n) is 28.6. The van der Waals surface area contributed by atoms with Crippen LogP contribution in [0.2, 0.25) is 0 Å². The number of amides is 4. The van der Waals surface area contributed by atoms with Crippen molar-refractivity contribution in [3.8, 4) is 17.2 Å². The second-order valence-electron chi connectivity index (χ2n) is 13.8. The second-order valence-corrected chi connectivity index (χ2v) is 15.5. The molecule has 6 atom stereocenters. The van der Waals surface area contributed by atoms with Gasteiger partial charge in [-0.25, -0.2) is 0 Å². The highest BCUT2D eigenvalue weighted by molar-refractivity contribution is 9.09. The number of imide groups is 2. The molecule has 0 bridgehead atoms. The molecule has 4 aromatic carbocycles. The molecular weight excluding hydrogens is 783 g/mol. The molecule has 0 spiro atoms. The Labute approximate surface area is 323 Å². The highest BCUT2D eigenvalue weighted by Gasteiger charge is 2.76. The van der Waals surface area contributed by atoms with Crippen LogP contribution >= 0.6 is 39.1 Å². The van der Waals surface area contributed by atoms with Gasteiger partial charge < -0.3 is 14.6 Å². The molecule has 12 heteroatoms. The summed E-state index contributed by atoms with van der Waals surface area (Å²) in [5.41, 5.74) is 3.23. The number of phenols is 1. The van der Waals surface area contributed by atoms with Crippen LogP contribution in [0.25, 0.3) is 22.9 Å². The predicted molar refractivity (Wildman–Crippen MR) is 206 cm³/mol. The van der Waals surface area contributed by atoms with Crippen LogP contribution in [-0.2, 0) is 19.2 Å². The number of nitrogens with zero attached hydrogens (tertiary/aromatic N) is 2. The number of aromatic hydroxyl groups is 1. The summed E-state index contributed by atoms with van der Waals surface area (Å²) in [6, 6.07) is 23.0. The molecule has 1 saturated carbocycles. The highest BCUT2D eigenvalue weighted by Crippen LogP contribution is 2.66. The van der Waals surface area contributed by atoms with Crippen molar-refractivity contribution in [1.29, 1.82) is 0 Å². The van der Waals surface area contributed by atoms with Crippen molar-refractivity contribution >= 4 is 91.4 Å². The summed E-state index contributed by atoms with van der Waals surface area (Å²) >= 11 is 18.1. The highest BCUT2D eigenvalue weighted by atomic mass is 79.9. The monoisotopic (exact) mass is 814 g/mol. The van der Waals surface area contributed by atoms with E-state index in [4.69, 9.17) is 32.7 Å². The Kier molecular flexibility index (Phi) is 8.71. The Morgan fingerprint density at radius 2 is 1.60 bits per heavy atom. The zero-order valence-corrected chi connectivity index (χ0v) is 31.7. The first-order valence-electron chi connectivity index (χ1n) is 17.1. The predicted octanol–water partition coefficient (Wildman–Crippen LogP) is 7.65. The number of hydrogen-bond acceptors (Lipinski definition) is 7. The summed E-state index contributed by atoms with van der Waals surface area (Å²) in [6.07, 6.45) is 5.82. The fourth-order valence-electron chi connectivity index (χ4n) is 8.80. The van der Waals surface area contributed by atoms with E-state index >= 15 is 0 Å². The minimum absolute atomic E-state index is 0.0415. The lowest BCUT2D eigenvalue weighted by Gasteiger charge is -2.51. The maximum absolute atomic E-state index is 14.5. The van der Waals surface area contributed by atoms with Gasteiger partial charge in [0.15, 0.2) is 9.75 Å². The van der Waals surface area contributed by atoms with E-state index in [1.165, 1.54) is 11.0 Å². The van der Waals surface area contributed by atoms with Crippen molar-refractivity contribution in [1.82, 2.24) is 4.90 Å². The molecule has 0 radical (unpaired) electrons. The number of likely N-dealkylation sites (tertiary alicyclic amines) is 1. The van der Waals surface area contributed by atoms with Crippen LogP contribution in [0.15, 0.2) is 90.5 Å². The molecule has 9 nitrogen and oxygen atoms in total. The molecular formula is C41H33BrCl2N2O7. The molecule has 270 valence electrons. The number of rotatable bonds is 7. The topological polar surface area (TPSA) is 113 Å². The Bertz CT molecular complexity index is 2290. The Hall–Kier alpha value is -4.64. The third-order valence-electron chi connectivity index (χ3n) is 11.3. The van der Waals surface area contributed by atoms with Crippen molar-refractivity contribution in [2.45, 2.75) is 28.5 Å². The molecule has 0 aromatic heterocycles. The molecule has 3 fully saturated rings. The molecule has 4 aliphatic rings. The van der Waals surface area contributed by atoms with Gasteiger partial charge in [0, 0.05) is 16.9 Å². The molecule has 53 heavy (non-hydrogen) atoms. The van der Waals surface area contributed by atoms with Gasteiger partial charge in [-0.2, -0.15) is 0 Å². The van der Waals surface area contributed by atoms with Gasteiger partial charge in [-0.05, 0) is 71.7 Å². The van der Waals surface area contributed by atoms with Crippen LogP contribution in [-0.4, -0.2) is 63.1 Å². The maximum Gasteiger partial charge on any atom is 0.254 e. The normalized spacial score (nSPS) is 28.0. The number of carbonyl (C=O) groups excluding carboxylic acids is 4. The average molecular weight is 817 g/mol. The van der Waals surface area contributed by atoms with Crippen LogP contribution in [0.5, 0.6) is 17.2 Å². The fraction of sp³-hybridized carbons (Fsp3) is 0.268. The van der Waals surface area contributed by atoms with E-state index in [0.29, 0.717) is 39.1 Å². The number of halogens is 3. The smallest absolute Gasteiger partial charge is 0.254 e. The van der Waals surface area contributed by atoms with E-state index in [1.807, 2.05) is 60.7 Å². The summed E-state index contributed by atoms with van der Waals surface area (Å²) in [4.78, 5) is 55.3. The summed E-state index contributed by atoms with van der Waals surface area (Å²) < 4.78 is 10.8. The summed E-state index contributed by atoms with van der Waals surface area (Å²) in [5, 5.41) is 11.9. The Morgan fingerprint density at radius 1 is 0.868 bits per heavy atom. The lowest BCUT2D eigenvalue weighted by molar-refractivity contribution is -0.138. The lowest BCUT2D eigenvalue weighted by atomic mass is 9.56. The number of hydrogen-bond donors (Lipinski definition) is 1. The van der Waals surface area contributed by atoms with Gasteiger partial charge in [-0.1, -0.05) is 82.2 Å². The van der Waals surface area contributed by atoms with E-state index in [9.17, 15) is 24.3 Å². The van der Waals surface area contributed by atoms with E-state index in [2.05, 4.69) is 15.9 Å². The molecule has 2 saturated heterocycles. The molecule has 4 aromatic rings. The number of methoxy groups -OCH3 is 2. The SMILES string of the molecule is COc1ccc(OC)c(C=Cc2ccc(N3C(=O)[C@H]4[C@H](CC=C5[C@H]4C[C@@]4(Cl)C(=O)N(CBr)C(=O)[C@@]4(Cl)[C@H]5c4ccc(O)c5ccccc45)C3=O)cc2)c1. The largest absolute Gasteiger partial charge is 0.507 e. The van der Waals surface area contributed by atoms with Crippen LogP contribution in [0.3, 0.4) is 0 Å². The number of benzene rings is 4. The number of anilines is 1. The van der Waals surface area contributed by atoms with E-state index < -0.39 is 51.1 Å². The van der Waals surface area contributed by atoms with E-state index in [0.717, 1.165) is 16.0 Å². The first-order chi connectivity index (χ1) is 25.5. The van der Waals surface area contributed by atoms with Crippen molar-refractivity contribution < 1.29 is 33.8 Å². The number of alkyl halides is 3. The number of fused-ring (bicyclic) bond motifs is 5. The summed E-state index contributed by atoms with van der Waals surface area (Å²) in [6.45, 7) is 0. The fourth-order valence-corrected chi connectivity index (χ4v) is 10.2. The second kappa shape index (κ2) is 13.0.